The summed E-state index contributed by atoms with van der Waals surface area (Å²) in [5, 5.41) is 0. The lowest BCUT2D eigenvalue weighted by atomic mass is 10.0. The van der Waals surface area contributed by atoms with Gasteiger partial charge in [-0.1, -0.05) is 0 Å². The molecule has 12 heavy (non-hydrogen) atoms. The third kappa shape index (κ3) is 0.761. The van der Waals surface area contributed by atoms with Crippen molar-refractivity contribution in [1.29, 1.82) is 0 Å². The first kappa shape index (κ1) is 7.99. The minimum Gasteiger partial charge on any atom is -0.249 e. The molecule has 0 fully saturated rings. The van der Waals surface area contributed by atoms with Crippen LogP contribution in [0.1, 0.15) is 22.3 Å². The van der Waals surface area contributed by atoms with Gasteiger partial charge in [0.05, 0.1) is 20.6 Å². The lowest BCUT2D eigenvalue weighted by Crippen LogP contribution is -1.88. The predicted molar refractivity (Wildman–Crippen MR) is 50.1 cm³/mol. The molecule has 0 atom stereocenters. The molecule has 0 spiro atoms. The Bertz CT molecular complexity index is 368. The van der Waals surface area contributed by atoms with E-state index >= 15 is 0 Å². The normalized spacial score (nSPS) is 14.7. The first-order valence-electron chi connectivity index (χ1n) is 4.07. The van der Waals surface area contributed by atoms with Crippen molar-refractivity contribution >= 4 is 10.8 Å². The predicted octanol–water partition coefficient (Wildman–Crippen LogP) is 2.40. The summed E-state index contributed by atoms with van der Waals surface area (Å²) in [6.07, 6.45) is 0. The van der Waals surface area contributed by atoms with Gasteiger partial charge in [-0.2, -0.15) is 0 Å². The number of hydrogen-bond donors (Lipinski definition) is 0. The van der Waals surface area contributed by atoms with Crippen molar-refractivity contribution in [2.24, 2.45) is 0 Å². The van der Waals surface area contributed by atoms with Gasteiger partial charge in [-0.3, -0.25) is 0 Å². The van der Waals surface area contributed by atoms with Gasteiger partial charge < -0.3 is 0 Å². The fourth-order valence-electron chi connectivity index (χ4n) is 1.66. The highest BCUT2D eigenvalue weighted by Gasteiger charge is 2.34. The van der Waals surface area contributed by atoms with Crippen LogP contribution in [-0.4, -0.2) is 4.21 Å². The Labute approximate surface area is 75.3 Å². The Hall–Kier alpha value is -0.630. The minimum atomic E-state index is -0.758. The molecule has 0 bridgehead atoms. The van der Waals surface area contributed by atoms with Gasteiger partial charge in [0.15, 0.2) is 0 Å². The Balaban J connectivity index is 2.84. The summed E-state index contributed by atoms with van der Waals surface area (Å²) in [6.45, 7) is 8.33. The SMILES string of the molecule is Cc1c(C)c(C)c2c(c1C)S2=O. The van der Waals surface area contributed by atoms with E-state index in [0.717, 1.165) is 9.79 Å². The standard InChI is InChI=1S/C10H12OS/c1-5-6(2)8(4)10-9(7(5)3)12(10)11/h1-4H3. The summed E-state index contributed by atoms with van der Waals surface area (Å²) in [6, 6.07) is 0. The van der Waals surface area contributed by atoms with Crippen LogP contribution in [0.3, 0.4) is 0 Å². The highest BCUT2D eigenvalue weighted by Crippen LogP contribution is 2.44. The number of rotatable bonds is 0. The van der Waals surface area contributed by atoms with Gasteiger partial charge in [0.2, 0.25) is 0 Å². The average molecular weight is 180 g/mol. The maximum absolute atomic E-state index is 11.4. The van der Waals surface area contributed by atoms with Crippen LogP contribution in [0.15, 0.2) is 9.79 Å². The molecule has 1 nitrogen and oxygen atoms in total. The summed E-state index contributed by atoms with van der Waals surface area (Å²) < 4.78 is 11.4. The fraction of sp³-hybridized carbons (Fsp3) is 0.400. The van der Waals surface area contributed by atoms with Crippen molar-refractivity contribution in [3.05, 3.63) is 22.3 Å². The molecule has 0 aliphatic carbocycles. The van der Waals surface area contributed by atoms with E-state index < -0.39 is 10.8 Å². The van der Waals surface area contributed by atoms with E-state index in [4.69, 9.17) is 0 Å². The van der Waals surface area contributed by atoms with Crippen LogP contribution in [0.4, 0.5) is 0 Å². The summed E-state index contributed by atoms with van der Waals surface area (Å²) in [5.41, 5.74) is 5.06. The molecule has 0 aromatic heterocycles. The topological polar surface area (TPSA) is 17.1 Å². The van der Waals surface area contributed by atoms with Crippen LogP contribution in [0.5, 0.6) is 0 Å². The molecule has 2 rings (SSSR count). The number of hydrogen-bond acceptors (Lipinski definition) is 1. The van der Waals surface area contributed by atoms with Crippen LogP contribution in [0.2, 0.25) is 0 Å². The van der Waals surface area contributed by atoms with Crippen LogP contribution in [0, 0.1) is 27.7 Å². The van der Waals surface area contributed by atoms with Gasteiger partial charge >= 0.3 is 0 Å². The van der Waals surface area contributed by atoms with E-state index in [1.807, 2.05) is 0 Å². The van der Waals surface area contributed by atoms with E-state index in [1.165, 1.54) is 22.3 Å². The Morgan fingerprint density at radius 2 is 1.08 bits per heavy atom. The van der Waals surface area contributed by atoms with Gasteiger partial charge in [-0.15, -0.1) is 0 Å². The van der Waals surface area contributed by atoms with Crippen molar-refractivity contribution in [2.75, 3.05) is 0 Å². The molecule has 1 aliphatic heterocycles. The Kier molecular flexibility index (Phi) is 1.46. The molecule has 2 heteroatoms. The molecule has 0 radical (unpaired) electrons. The smallest absolute Gasteiger partial charge is 0.0880 e. The molecule has 1 aliphatic rings. The summed E-state index contributed by atoms with van der Waals surface area (Å²) >= 11 is 0. The summed E-state index contributed by atoms with van der Waals surface area (Å²) in [5.74, 6) is 0. The zero-order chi connectivity index (χ0) is 9.04. The molecular formula is C10H12OS. The summed E-state index contributed by atoms with van der Waals surface area (Å²) in [7, 11) is -0.758. The quantitative estimate of drug-likeness (QED) is 0.569. The second-order valence-corrected chi connectivity index (χ2v) is 4.78. The molecular weight excluding hydrogens is 168 g/mol. The van der Waals surface area contributed by atoms with Crippen molar-refractivity contribution in [1.82, 2.24) is 0 Å². The van der Waals surface area contributed by atoms with Crippen LogP contribution < -0.4 is 0 Å². The van der Waals surface area contributed by atoms with Gasteiger partial charge in [0, 0.05) is 0 Å². The molecule has 1 aromatic rings. The zero-order valence-electron chi connectivity index (χ0n) is 7.82. The van der Waals surface area contributed by atoms with Gasteiger partial charge in [0.1, 0.15) is 0 Å². The second-order valence-electron chi connectivity index (χ2n) is 3.43. The van der Waals surface area contributed by atoms with Crippen molar-refractivity contribution < 1.29 is 4.21 Å². The molecule has 1 heterocycles. The lowest BCUT2D eigenvalue weighted by Gasteiger charge is -2.04. The zero-order valence-corrected chi connectivity index (χ0v) is 8.63. The molecule has 1 aromatic carbocycles. The van der Waals surface area contributed by atoms with Crippen molar-refractivity contribution in [2.45, 2.75) is 37.5 Å². The van der Waals surface area contributed by atoms with Gasteiger partial charge in [-0.05, 0) is 49.9 Å². The third-order valence-corrected chi connectivity index (χ3v) is 4.46. The van der Waals surface area contributed by atoms with Crippen LogP contribution >= 0.6 is 0 Å². The highest BCUT2D eigenvalue weighted by atomic mass is 32.2. The molecule has 0 unspecified atom stereocenters. The van der Waals surface area contributed by atoms with Gasteiger partial charge in [-0.25, -0.2) is 4.21 Å². The first-order chi connectivity index (χ1) is 5.55. The monoisotopic (exact) mass is 180 g/mol. The Morgan fingerprint density at radius 1 is 0.750 bits per heavy atom. The molecule has 0 saturated carbocycles. The maximum Gasteiger partial charge on any atom is 0.0880 e. The van der Waals surface area contributed by atoms with Crippen molar-refractivity contribution in [3.8, 4) is 0 Å². The van der Waals surface area contributed by atoms with E-state index in [-0.39, 0.29) is 0 Å². The first-order valence-corrected chi connectivity index (χ1v) is 5.22. The largest absolute Gasteiger partial charge is 0.249 e. The number of benzene rings is 1. The Morgan fingerprint density at radius 3 is 1.42 bits per heavy atom. The van der Waals surface area contributed by atoms with Gasteiger partial charge in [0.25, 0.3) is 0 Å². The third-order valence-electron chi connectivity index (χ3n) is 2.90. The molecule has 0 amide bonds. The van der Waals surface area contributed by atoms with E-state index in [2.05, 4.69) is 27.7 Å². The average Bonchev–Trinajstić information content (AvgIpc) is 2.70. The number of fused-ring (bicyclic) bond motifs is 1. The fourth-order valence-corrected chi connectivity index (χ4v) is 3.20. The highest BCUT2D eigenvalue weighted by molar-refractivity contribution is 7.91. The second kappa shape index (κ2) is 2.19. The van der Waals surface area contributed by atoms with E-state index in [1.54, 1.807) is 0 Å². The lowest BCUT2D eigenvalue weighted by molar-refractivity contribution is 0.692. The van der Waals surface area contributed by atoms with Crippen LogP contribution in [-0.2, 0) is 10.8 Å². The molecule has 0 N–H and O–H groups in total. The summed E-state index contributed by atoms with van der Waals surface area (Å²) in [4.78, 5) is 2.19. The van der Waals surface area contributed by atoms with E-state index in [0.29, 0.717) is 0 Å². The van der Waals surface area contributed by atoms with Crippen molar-refractivity contribution in [3.63, 3.8) is 0 Å². The molecule has 0 saturated heterocycles. The van der Waals surface area contributed by atoms with E-state index in [9.17, 15) is 4.21 Å². The maximum atomic E-state index is 11.4. The minimum absolute atomic E-state index is 0.758. The molecule has 64 valence electrons. The van der Waals surface area contributed by atoms with Crippen LogP contribution in [0.25, 0.3) is 0 Å².